The summed E-state index contributed by atoms with van der Waals surface area (Å²) >= 11 is 1.65. The van der Waals surface area contributed by atoms with Crippen molar-refractivity contribution < 1.29 is 14.4 Å². The molecular weight excluding hydrogens is 300 g/mol. The second kappa shape index (κ2) is 5.43. The highest BCUT2D eigenvalue weighted by molar-refractivity contribution is 7.99. The number of carbonyl (C=O) groups excluding carboxylic acids is 3. The number of carbonyl (C=O) groups is 3. The van der Waals surface area contributed by atoms with Crippen molar-refractivity contribution in [2.45, 2.75) is 25.8 Å². The standard InChI is InChI=1S/C16H18N2O3S/c1-10-3-4-12(11(2)7-10)13(19)8-18-14(20)16(17-15(18)21)5-6-22-9-16/h3-4,7H,5-6,8-9H2,1-2H3,(H,17,21). The molecule has 1 spiro atoms. The fraction of sp³-hybridized carbons (Fsp3) is 0.438. The van der Waals surface area contributed by atoms with Gasteiger partial charge in [-0.3, -0.25) is 14.5 Å². The lowest BCUT2D eigenvalue weighted by atomic mass is 9.98. The Labute approximate surface area is 133 Å². The maximum atomic E-state index is 12.5. The Morgan fingerprint density at radius 3 is 2.77 bits per heavy atom. The summed E-state index contributed by atoms with van der Waals surface area (Å²) in [7, 11) is 0. The van der Waals surface area contributed by atoms with Gasteiger partial charge in [0.15, 0.2) is 5.78 Å². The first-order valence-electron chi connectivity index (χ1n) is 7.25. The van der Waals surface area contributed by atoms with Crippen LogP contribution in [0.15, 0.2) is 18.2 Å². The van der Waals surface area contributed by atoms with Gasteiger partial charge in [0.2, 0.25) is 0 Å². The molecule has 0 radical (unpaired) electrons. The summed E-state index contributed by atoms with van der Waals surface area (Å²) < 4.78 is 0. The zero-order valence-electron chi connectivity index (χ0n) is 12.6. The van der Waals surface area contributed by atoms with Gasteiger partial charge in [0, 0.05) is 11.3 Å². The Hall–Kier alpha value is -1.82. The van der Waals surface area contributed by atoms with Gasteiger partial charge in [0.05, 0.1) is 6.54 Å². The average Bonchev–Trinajstić information content (AvgIpc) is 3.00. The summed E-state index contributed by atoms with van der Waals surface area (Å²) in [4.78, 5) is 38.1. The van der Waals surface area contributed by atoms with E-state index in [0.29, 0.717) is 17.7 Å². The highest BCUT2D eigenvalue weighted by atomic mass is 32.2. The predicted molar refractivity (Wildman–Crippen MR) is 85.2 cm³/mol. The normalized spacial score (nSPS) is 24.2. The monoisotopic (exact) mass is 318 g/mol. The van der Waals surface area contributed by atoms with Gasteiger partial charge < -0.3 is 5.32 Å². The van der Waals surface area contributed by atoms with Gasteiger partial charge in [-0.1, -0.05) is 23.8 Å². The van der Waals surface area contributed by atoms with Crippen molar-refractivity contribution in [2.75, 3.05) is 18.1 Å². The second-order valence-corrected chi connectivity index (χ2v) is 7.05. The maximum Gasteiger partial charge on any atom is 0.325 e. The van der Waals surface area contributed by atoms with Crippen LogP contribution < -0.4 is 5.32 Å². The van der Waals surface area contributed by atoms with E-state index in [1.165, 1.54) is 0 Å². The Balaban J connectivity index is 1.79. The van der Waals surface area contributed by atoms with Crippen LogP contribution in [0.4, 0.5) is 4.79 Å². The lowest BCUT2D eigenvalue weighted by molar-refractivity contribution is -0.130. The summed E-state index contributed by atoms with van der Waals surface area (Å²) in [6.45, 7) is 3.63. The number of ketones is 1. The van der Waals surface area contributed by atoms with E-state index in [0.717, 1.165) is 21.8 Å². The molecule has 1 aromatic carbocycles. The van der Waals surface area contributed by atoms with E-state index in [1.807, 2.05) is 26.0 Å². The number of hydrogen-bond donors (Lipinski definition) is 1. The molecule has 2 aliphatic rings. The lowest BCUT2D eigenvalue weighted by Crippen LogP contribution is -2.47. The van der Waals surface area contributed by atoms with Gasteiger partial charge in [0.25, 0.3) is 5.91 Å². The molecular formula is C16H18N2O3S. The number of imide groups is 1. The van der Waals surface area contributed by atoms with E-state index in [9.17, 15) is 14.4 Å². The predicted octanol–water partition coefficient (Wildman–Crippen LogP) is 1.91. The third kappa shape index (κ3) is 2.41. The Kier molecular flexibility index (Phi) is 3.72. The zero-order chi connectivity index (χ0) is 15.9. The van der Waals surface area contributed by atoms with Crippen molar-refractivity contribution >= 4 is 29.5 Å². The molecule has 116 valence electrons. The fourth-order valence-electron chi connectivity index (χ4n) is 3.01. The first-order valence-corrected chi connectivity index (χ1v) is 8.41. The number of Topliss-reactive ketones (excluding diaryl/α,β-unsaturated/α-hetero) is 1. The summed E-state index contributed by atoms with van der Waals surface area (Å²) in [5, 5.41) is 2.77. The molecule has 0 aromatic heterocycles. The molecule has 22 heavy (non-hydrogen) atoms. The largest absolute Gasteiger partial charge is 0.325 e. The van der Waals surface area contributed by atoms with Crippen LogP contribution in [-0.2, 0) is 4.79 Å². The van der Waals surface area contributed by atoms with Crippen molar-refractivity contribution in [3.05, 3.63) is 34.9 Å². The van der Waals surface area contributed by atoms with Gasteiger partial charge in [-0.15, -0.1) is 0 Å². The van der Waals surface area contributed by atoms with E-state index < -0.39 is 11.6 Å². The molecule has 1 atom stereocenters. The van der Waals surface area contributed by atoms with E-state index in [4.69, 9.17) is 0 Å². The molecule has 2 saturated heterocycles. The average molecular weight is 318 g/mol. The molecule has 0 saturated carbocycles. The van der Waals surface area contributed by atoms with E-state index >= 15 is 0 Å². The van der Waals surface area contributed by atoms with Gasteiger partial charge >= 0.3 is 6.03 Å². The van der Waals surface area contributed by atoms with Gasteiger partial charge in [-0.2, -0.15) is 11.8 Å². The Morgan fingerprint density at radius 2 is 2.14 bits per heavy atom. The molecule has 1 aromatic rings. The molecule has 0 aliphatic carbocycles. The number of rotatable bonds is 3. The zero-order valence-corrected chi connectivity index (χ0v) is 13.5. The molecule has 2 aliphatic heterocycles. The van der Waals surface area contributed by atoms with Crippen LogP contribution in [0.1, 0.15) is 27.9 Å². The minimum absolute atomic E-state index is 0.193. The molecule has 2 heterocycles. The van der Waals surface area contributed by atoms with Crippen molar-refractivity contribution in [1.82, 2.24) is 10.2 Å². The maximum absolute atomic E-state index is 12.5. The number of nitrogens with zero attached hydrogens (tertiary/aromatic N) is 1. The highest BCUT2D eigenvalue weighted by Crippen LogP contribution is 2.33. The number of urea groups is 1. The number of thioether (sulfide) groups is 1. The number of aryl methyl sites for hydroxylation is 2. The molecule has 1 N–H and O–H groups in total. The van der Waals surface area contributed by atoms with E-state index in [-0.39, 0.29) is 18.2 Å². The Bertz CT molecular complexity index is 665. The quantitative estimate of drug-likeness (QED) is 0.683. The van der Waals surface area contributed by atoms with Crippen LogP contribution >= 0.6 is 11.8 Å². The number of hydrogen-bond acceptors (Lipinski definition) is 4. The first-order chi connectivity index (χ1) is 10.4. The van der Waals surface area contributed by atoms with Crippen LogP contribution in [0.5, 0.6) is 0 Å². The van der Waals surface area contributed by atoms with Gasteiger partial charge in [0.1, 0.15) is 5.54 Å². The molecule has 3 rings (SSSR count). The molecule has 3 amide bonds. The molecule has 6 heteroatoms. The summed E-state index contributed by atoms with van der Waals surface area (Å²) in [5.74, 6) is 0.973. The van der Waals surface area contributed by atoms with Gasteiger partial charge in [-0.05, 0) is 31.6 Å². The van der Waals surface area contributed by atoms with E-state index in [2.05, 4.69) is 5.32 Å². The summed E-state index contributed by atoms with van der Waals surface area (Å²) in [6.07, 6.45) is 0.635. The highest BCUT2D eigenvalue weighted by Gasteiger charge is 2.53. The Morgan fingerprint density at radius 1 is 1.36 bits per heavy atom. The van der Waals surface area contributed by atoms with Gasteiger partial charge in [-0.25, -0.2) is 4.79 Å². The number of amides is 3. The van der Waals surface area contributed by atoms with Crippen LogP contribution in [0.2, 0.25) is 0 Å². The van der Waals surface area contributed by atoms with Crippen LogP contribution in [0.3, 0.4) is 0 Å². The van der Waals surface area contributed by atoms with Crippen LogP contribution in [0.25, 0.3) is 0 Å². The SMILES string of the molecule is Cc1ccc(C(=O)CN2C(=O)NC3(CCSC3)C2=O)c(C)c1. The third-order valence-corrected chi connectivity index (χ3v) is 5.44. The number of benzene rings is 1. The van der Waals surface area contributed by atoms with Crippen molar-refractivity contribution in [3.63, 3.8) is 0 Å². The lowest BCUT2D eigenvalue weighted by Gasteiger charge is -2.19. The second-order valence-electron chi connectivity index (χ2n) is 5.95. The van der Waals surface area contributed by atoms with Crippen LogP contribution in [0, 0.1) is 13.8 Å². The summed E-state index contributed by atoms with van der Waals surface area (Å²) in [5.41, 5.74) is 1.71. The van der Waals surface area contributed by atoms with Crippen molar-refractivity contribution in [3.8, 4) is 0 Å². The summed E-state index contributed by atoms with van der Waals surface area (Å²) in [6, 6.07) is 5.09. The molecule has 1 unspecified atom stereocenters. The molecule has 5 nitrogen and oxygen atoms in total. The molecule has 2 fully saturated rings. The fourth-order valence-corrected chi connectivity index (χ4v) is 4.33. The molecule has 0 bridgehead atoms. The topological polar surface area (TPSA) is 66.5 Å². The third-order valence-electron chi connectivity index (χ3n) is 4.25. The van der Waals surface area contributed by atoms with Crippen molar-refractivity contribution in [2.24, 2.45) is 0 Å². The number of nitrogens with one attached hydrogen (secondary N) is 1. The first kappa shape index (κ1) is 15.1. The minimum Gasteiger partial charge on any atom is -0.322 e. The van der Waals surface area contributed by atoms with E-state index in [1.54, 1.807) is 17.8 Å². The smallest absolute Gasteiger partial charge is 0.322 e. The van der Waals surface area contributed by atoms with Crippen molar-refractivity contribution in [1.29, 1.82) is 0 Å². The minimum atomic E-state index is -0.787. The van der Waals surface area contributed by atoms with Crippen LogP contribution in [-0.4, -0.2) is 46.2 Å².